The van der Waals surface area contributed by atoms with Gasteiger partial charge in [0.15, 0.2) is 6.54 Å². The fourth-order valence-corrected chi connectivity index (χ4v) is 3.06. The second kappa shape index (κ2) is 9.55. The van der Waals surface area contributed by atoms with Crippen molar-refractivity contribution in [2.45, 2.75) is 13.0 Å². The topological polar surface area (TPSA) is 54.9 Å². The summed E-state index contributed by atoms with van der Waals surface area (Å²) < 4.78 is 5.58. The zero-order valence-electron chi connectivity index (χ0n) is 15.5. The van der Waals surface area contributed by atoms with Crippen LogP contribution in [0.5, 0.6) is 5.75 Å². The second-order valence-electron chi connectivity index (χ2n) is 6.22. The van der Waals surface area contributed by atoms with Crippen molar-refractivity contribution >= 4 is 11.6 Å². The number of hydrogen-bond acceptors (Lipinski definition) is 2. The molecule has 138 valence electrons. The van der Waals surface area contributed by atoms with Crippen LogP contribution in [0.2, 0.25) is 0 Å². The number of para-hydroxylation sites is 2. The molecule has 0 aliphatic rings. The molecule has 27 heavy (non-hydrogen) atoms. The largest absolute Gasteiger partial charge is 0.492 e. The predicted molar refractivity (Wildman–Crippen MR) is 108 cm³/mol. The van der Waals surface area contributed by atoms with E-state index in [0.29, 0.717) is 24.6 Å². The van der Waals surface area contributed by atoms with Crippen LogP contribution >= 0.6 is 0 Å². The third-order valence-corrected chi connectivity index (χ3v) is 4.32. The van der Waals surface area contributed by atoms with Crippen molar-refractivity contribution in [1.29, 1.82) is 0 Å². The van der Waals surface area contributed by atoms with Crippen LogP contribution in [0.25, 0.3) is 0 Å². The highest BCUT2D eigenvalue weighted by molar-refractivity contribution is 5.92. The maximum absolute atomic E-state index is 12.5. The van der Waals surface area contributed by atoms with Crippen molar-refractivity contribution in [3.8, 4) is 5.75 Å². The first-order valence-corrected chi connectivity index (χ1v) is 9.23. The molecule has 4 nitrogen and oxygen atoms in total. The highest BCUT2D eigenvalue weighted by atomic mass is 16.5. The van der Waals surface area contributed by atoms with Gasteiger partial charge in [0, 0.05) is 11.1 Å². The first kappa shape index (κ1) is 18.7. The molecule has 0 unspecified atom stereocenters. The van der Waals surface area contributed by atoms with Gasteiger partial charge in [0.2, 0.25) is 0 Å². The Kier molecular flexibility index (Phi) is 6.61. The summed E-state index contributed by atoms with van der Waals surface area (Å²) in [5.74, 6) is 0.634. The Morgan fingerprint density at radius 2 is 1.44 bits per heavy atom. The van der Waals surface area contributed by atoms with Crippen LogP contribution in [0.1, 0.15) is 24.1 Å². The summed E-state index contributed by atoms with van der Waals surface area (Å²) in [5, 5.41) is 5.02. The molecule has 3 rings (SSSR count). The minimum Gasteiger partial charge on any atom is -0.492 e. The monoisotopic (exact) mass is 361 g/mol. The van der Waals surface area contributed by atoms with Gasteiger partial charge in [-0.2, -0.15) is 0 Å². The third-order valence-electron chi connectivity index (χ3n) is 4.32. The molecule has 0 aromatic heterocycles. The summed E-state index contributed by atoms with van der Waals surface area (Å²) in [5.41, 5.74) is 3.05. The zero-order chi connectivity index (χ0) is 18.9. The number of benzene rings is 3. The Balaban J connectivity index is 1.70. The summed E-state index contributed by atoms with van der Waals surface area (Å²) in [6.07, 6.45) is 0. The first-order chi connectivity index (χ1) is 13.3. The van der Waals surface area contributed by atoms with Crippen LogP contribution < -0.4 is 15.4 Å². The molecule has 0 atom stereocenters. The molecule has 0 spiro atoms. The van der Waals surface area contributed by atoms with E-state index in [-0.39, 0.29) is 11.9 Å². The smallest absolute Gasteiger partial charge is 0.279 e. The van der Waals surface area contributed by atoms with Gasteiger partial charge in [-0.25, -0.2) is 0 Å². The fraction of sp³-hybridized carbons (Fsp3) is 0.174. The van der Waals surface area contributed by atoms with E-state index in [1.54, 1.807) is 0 Å². The summed E-state index contributed by atoms with van der Waals surface area (Å²) in [6, 6.07) is 28.1. The van der Waals surface area contributed by atoms with E-state index >= 15 is 0 Å². The van der Waals surface area contributed by atoms with Gasteiger partial charge in [-0.05, 0) is 19.1 Å². The highest BCUT2D eigenvalue weighted by Crippen LogP contribution is 2.23. The molecule has 0 bridgehead atoms. The summed E-state index contributed by atoms with van der Waals surface area (Å²) in [6.45, 7) is 2.80. The van der Waals surface area contributed by atoms with Gasteiger partial charge in [0.1, 0.15) is 11.8 Å². The maximum atomic E-state index is 12.5. The number of nitrogens with two attached hydrogens (primary N) is 1. The highest BCUT2D eigenvalue weighted by Gasteiger charge is 2.19. The van der Waals surface area contributed by atoms with Gasteiger partial charge < -0.3 is 15.4 Å². The van der Waals surface area contributed by atoms with E-state index in [1.807, 2.05) is 67.6 Å². The minimum atomic E-state index is -0.0565. The molecule has 3 aromatic carbocycles. The summed E-state index contributed by atoms with van der Waals surface area (Å²) >= 11 is 0. The van der Waals surface area contributed by atoms with Crippen LogP contribution in [0.15, 0.2) is 84.9 Å². The summed E-state index contributed by atoms with van der Waals surface area (Å²) in [4.78, 5) is 12.5. The number of quaternary nitrogens is 1. The van der Waals surface area contributed by atoms with E-state index in [0.717, 1.165) is 0 Å². The van der Waals surface area contributed by atoms with Crippen LogP contribution in [0, 0.1) is 0 Å². The molecule has 1 amide bonds. The van der Waals surface area contributed by atoms with Gasteiger partial charge in [0.25, 0.3) is 5.91 Å². The average molecular weight is 361 g/mol. The van der Waals surface area contributed by atoms with Crippen molar-refractivity contribution in [3.05, 3.63) is 96.1 Å². The Morgan fingerprint density at radius 3 is 2.04 bits per heavy atom. The normalized spacial score (nSPS) is 10.6. The van der Waals surface area contributed by atoms with Crippen LogP contribution in [0.4, 0.5) is 5.69 Å². The Morgan fingerprint density at radius 1 is 0.889 bits per heavy atom. The van der Waals surface area contributed by atoms with Gasteiger partial charge in [0.05, 0.1) is 12.3 Å². The molecular formula is C23H25N2O2+. The van der Waals surface area contributed by atoms with Crippen molar-refractivity contribution < 1.29 is 14.8 Å². The molecule has 0 radical (unpaired) electrons. The minimum absolute atomic E-state index is 0.0565. The van der Waals surface area contributed by atoms with Crippen molar-refractivity contribution in [2.24, 2.45) is 0 Å². The number of carbonyl (C=O) groups is 1. The van der Waals surface area contributed by atoms with Crippen LogP contribution in [-0.4, -0.2) is 19.1 Å². The van der Waals surface area contributed by atoms with E-state index in [9.17, 15) is 4.79 Å². The number of anilines is 1. The van der Waals surface area contributed by atoms with Crippen LogP contribution in [-0.2, 0) is 4.79 Å². The third kappa shape index (κ3) is 5.19. The van der Waals surface area contributed by atoms with Gasteiger partial charge in [-0.3, -0.25) is 4.79 Å². The molecule has 0 aliphatic carbocycles. The SMILES string of the molecule is CCOc1ccccc1NC(=O)C[NH2+]C(c1ccccc1)c1ccccc1. The molecule has 3 N–H and O–H groups in total. The molecule has 0 saturated carbocycles. The standard InChI is InChI=1S/C23H24N2O2/c1-2-27-21-16-10-9-15-20(21)25-22(26)17-24-23(18-11-5-3-6-12-18)19-13-7-4-8-14-19/h3-16,23-24H,2,17H2,1H3,(H,25,26)/p+1. The van der Waals surface area contributed by atoms with Gasteiger partial charge in [-0.15, -0.1) is 0 Å². The zero-order valence-corrected chi connectivity index (χ0v) is 15.5. The van der Waals surface area contributed by atoms with Crippen LogP contribution in [0.3, 0.4) is 0 Å². The van der Waals surface area contributed by atoms with Crippen molar-refractivity contribution in [1.82, 2.24) is 0 Å². The summed E-state index contributed by atoms with van der Waals surface area (Å²) in [7, 11) is 0. The molecule has 0 saturated heterocycles. The number of rotatable bonds is 8. The fourth-order valence-electron chi connectivity index (χ4n) is 3.06. The van der Waals surface area contributed by atoms with Gasteiger partial charge in [-0.1, -0.05) is 72.8 Å². The predicted octanol–water partition coefficient (Wildman–Crippen LogP) is 3.38. The van der Waals surface area contributed by atoms with E-state index < -0.39 is 0 Å². The lowest BCUT2D eigenvalue weighted by Gasteiger charge is -2.17. The Labute approximate surface area is 160 Å². The number of ether oxygens (including phenoxy) is 1. The lowest BCUT2D eigenvalue weighted by Crippen LogP contribution is -2.87. The lowest BCUT2D eigenvalue weighted by molar-refractivity contribution is -0.676. The van der Waals surface area contributed by atoms with E-state index in [2.05, 4.69) is 34.9 Å². The van der Waals surface area contributed by atoms with Crippen molar-refractivity contribution in [3.63, 3.8) is 0 Å². The number of nitrogens with one attached hydrogen (secondary N) is 1. The number of hydrogen-bond donors (Lipinski definition) is 2. The maximum Gasteiger partial charge on any atom is 0.279 e. The van der Waals surface area contributed by atoms with E-state index in [1.165, 1.54) is 11.1 Å². The average Bonchev–Trinajstić information content (AvgIpc) is 2.71. The lowest BCUT2D eigenvalue weighted by atomic mass is 9.99. The second-order valence-corrected chi connectivity index (χ2v) is 6.22. The molecule has 0 aliphatic heterocycles. The van der Waals surface area contributed by atoms with Gasteiger partial charge >= 0.3 is 0 Å². The molecule has 3 aromatic rings. The Hall–Kier alpha value is -3.11. The molecular weight excluding hydrogens is 336 g/mol. The number of carbonyl (C=O) groups excluding carboxylic acids is 1. The molecule has 4 heteroatoms. The first-order valence-electron chi connectivity index (χ1n) is 9.23. The molecule has 0 fully saturated rings. The number of amides is 1. The quantitative estimate of drug-likeness (QED) is 0.646. The van der Waals surface area contributed by atoms with E-state index in [4.69, 9.17) is 4.74 Å². The molecule has 0 heterocycles. The Bertz CT molecular complexity index is 811. The van der Waals surface area contributed by atoms with Crippen molar-refractivity contribution in [2.75, 3.05) is 18.5 Å².